The molecule has 0 radical (unpaired) electrons. The van der Waals surface area contributed by atoms with Crippen molar-refractivity contribution in [2.75, 3.05) is 6.54 Å². The zero-order valence-corrected chi connectivity index (χ0v) is 14.1. The van der Waals surface area contributed by atoms with Gasteiger partial charge in [-0.25, -0.2) is 0 Å². The van der Waals surface area contributed by atoms with Crippen LogP contribution in [0.3, 0.4) is 0 Å². The van der Waals surface area contributed by atoms with Crippen molar-refractivity contribution >= 4 is 27.5 Å². The third-order valence-corrected chi connectivity index (χ3v) is 4.00. The zero-order valence-electron chi connectivity index (χ0n) is 11.7. The van der Waals surface area contributed by atoms with Gasteiger partial charge in [-0.05, 0) is 37.6 Å². The number of hydrogen-bond donors (Lipinski definition) is 1. The molecule has 0 aliphatic rings. The lowest BCUT2D eigenvalue weighted by Gasteiger charge is -2.19. The van der Waals surface area contributed by atoms with Gasteiger partial charge in [-0.3, -0.25) is 4.68 Å². The van der Waals surface area contributed by atoms with Gasteiger partial charge in [-0.15, -0.1) is 0 Å². The van der Waals surface area contributed by atoms with E-state index in [-0.39, 0.29) is 6.04 Å². The number of aromatic nitrogens is 2. The lowest BCUT2D eigenvalue weighted by molar-refractivity contribution is 0.596. The standard InChI is InChI=1S/C15H19BrClN3/c1-3-7-18-15(11-9-19-20(4-2)10-11)13-6-5-12(16)8-14(13)17/h5-6,8-10,15,18H,3-4,7H2,1-2H3. The van der Waals surface area contributed by atoms with Crippen LogP contribution in [-0.4, -0.2) is 16.3 Å². The summed E-state index contributed by atoms with van der Waals surface area (Å²) in [6, 6.07) is 6.09. The van der Waals surface area contributed by atoms with Gasteiger partial charge >= 0.3 is 0 Å². The normalized spacial score (nSPS) is 12.6. The molecular weight excluding hydrogens is 338 g/mol. The second-order valence-electron chi connectivity index (χ2n) is 4.68. The summed E-state index contributed by atoms with van der Waals surface area (Å²) in [5, 5.41) is 8.67. The molecule has 0 bridgehead atoms. The second kappa shape index (κ2) is 7.25. The van der Waals surface area contributed by atoms with Crippen molar-refractivity contribution in [3.63, 3.8) is 0 Å². The summed E-state index contributed by atoms with van der Waals surface area (Å²) in [5.74, 6) is 0. The largest absolute Gasteiger partial charge is 0.306 e. The molecule has 0 spiro atoms. The maximum atomic E-state index is 6.40. The molecule has 1 unspecified atom stereocenters. The van der Waals surface area contributed by atoms with Gasteiger partial charge in [-0.2, -0.15) is 5.10 Å². The van der Waals surface area contributed by atoms with E-state index in [1.807, 2.05) is 23.0 Å². The summed E-state index contributed by atoms with van der Waals surface area (Å²) in [6.07, 6.45) is 5.06. The molecule has 1 N–H and O–H groups in total. The minimum Gasteiger partial charge on any atom is -0.306 e. The molecule has 0 aliphatic carbocycles. The summed E-state index contributed by atoms with van der Waals surface area (Å²) in [5.41, 5.74) is 2.23. The van der Waals surface area contributed by atoms with Crippen LogP contribution in [0.5, 0.6) is 0 Å². The predicted molar refractivity (Wildman–Crippen MR) is 87.2 cm³/mol. The summed E-state index contributed by atoms with van der Waals surface area (Å²) in [4.78, 5) is 0. The Kier molecular flexibility index (Phi) is 5.64. The average Bonchev–Trinajstić information content (AvgIpc) is 2.90. The van der Waals surface area contributed by atoms with Gasteiger partial charge in [0.2, 0.25) is 0 Å². The fourth-order valence-corrected chi connectivity index (χ4v) is 2.92. The van der Waals surface area contributed by atoms with Crippen molar-refractivity contribution < 1.29 is 0 Å². The number of rotatable bonds is 6. The third-order valence-electron chi connectivity index (χ3n) is 3.18. The lowest BCUT2D eigenvalue weighted by Crippen LogP contribution is -2.23. The molecule has 108 valence electrons. The van der Waals surface area contributed by atoms with Gasteiger partial charge in [0.25, 0.3) is 0 Å². The van der Waals surface area contributed by atoms with E-state index in [0.29, 0.717) is 0 Å². The van der Waals surface area contributed by atoms with Crippen LogP contribution >= 0.6 is 27.5 Å². The minimum absolute atomic E-state index is 0.0795. The highest BCUT2D eigenvalue weighted by Gasteiger charge is 2.18. The average molecular weight is 357 g/mol. The molecule has 3 nitrogen and oxygen atoms in total. The Morgan fingerprint density at radius 1 is 1.40 bits per heavy atom. The van der Waals surface area contributed by atoms with Crippen molar-refractivity contribution in [2.24, 2.45) is 0 Å². The van der Waals surface area contributed by atoms with Gasteiger partial charge in [-0.1, -0.05) is 40.5 Å². The van der Waals surface area contributed by atoms with Crippen molar-refractivity contribution in [3.05, 3.63) is 51.2 Å². The van der Waals surface area contributed by atoms with E-state index in [2.05, 4.69) is 52.5 Å². The van der Waals surface area contributed by atoms with Crippen LogP contribution < -0.4 is 5.32 Å². The van der Waals surface area contributed by atoms with Crippen molar-refractivity contribution in [1.29, 1.82) is 0 Å². The first-order valence-corrected chi connectivity index (χ1v) is 8.03. The first-order chi connectivity index (χ1) is 9.65. The van der Waals surface area contributed by atoms with E-state index < -0.39 is 0 Å². The molecule has 5 heteroatoms. The van der Waals surface area contributed by atoms with Gasteiger partial charge < -0.3 is 5.32 Å². The van der Waals surface area contributed by atoms with Crippen molar-refractivity contribution in [1.82, 2.24) is 15.1 Å². The Labute approximate surface area is 133 Å². The van der Waals surface area contributed by atoms with Crippen LogP contribution in [0.15, 0.2) is 35.1 Å². The molecular formula is C15H19BrClN3. The number of aryl methyl sites for hydroxylation is 1. The first kappa shape index (κ1) is 15.5. The molecule has 0 fully saturated rings. The summed E-state index contributed by atoms with van der Waals surface area (Å²) in [6.45, 7) is 6.05. The van der Waals surface area contributed by atoms with Crippen LogP contribution in [0.25, 0.3) is 0 Å². The molecule has 2 aromatic rings. The fourth-order valence-electron chi connectivity index (χ4n) is 2.13. The van der Waals surface area contributed by atoms with Gasteiger partial charge in [0, 0.05) is 27.8 Å². The van der Waals surface area contributed by atoms with E-state index in [4.69, 9.17) is 11.6 Å². The summed E-state index contributed by atoms with van der Waals surface area (Å²) in [7, 11) is 0. The van der Waals surface area contributed by atoms with Crippen LogP contribution in [0, 0.1) is 0 Å². The van der Waals surface area contributed by atoms with E-state index in [1.165, 1.54) is 0 Å². The van der Waals surface area contributed by atoms with Crippen LogP contribution in [0.1, 0.15) is 37.4 Å². The Hall–Kier alpha value is -0.840. The molecule has 0 saturated heterocycles. The van der Waals surface area contributed by atoms with Crippen molar-refractivity contribution in [2.45, 2.75) is 32.9 Å². The third kappa shape index (κ3) is 3.62. The molecule has 20 heavy (non-hydrogen) atoms. The Morgan fingerprint density at radius 2 is 2.20 bits per heavy atom. The van der Waals surface area contributed by atoms with E-state index in [9.17, 15) is 0 Å². The highest BCUT2D eigenvalue weighted by atomic mass is 79.9. The van der Waals surface area contributed by atoms with Crippen molar-refractivity contribution in [3.8, 4) is 0 Å². The maximum absolute atomic E-state index is 6.40. The molecule has 2 rings (SSSR count). The molecule has 1 aromatic heterocycles. The second-order valence-corrected chi connectivity index (χ2v) is 6.01. The van der Waals surface area contributed by atoms with E-state index in [1.54, 1.807) is 0 Å². The Morgan fingerprint density at radius 3 is 2.80 bits per heavy atom. The number of benzene rings is 1. The fraction of sp³-hybridized carbons (Fsp3) is 0.400. The molecule has 0 saturated carbocycles. The smallest absolute Gasteiger partial charge is 0.0622 e. The molecule has 0 amide bonds. The number of nitrogens with one attached hydrogen (secondary N) is 1. The minimum atomic E-state index is 0.0795. The quantitative estimate of drug-likeness (QED) is 0.831. The zero-order chi connectivity index (χ0) is 14.5. The van der Waals surface area contributed by atoms with Gasteiger partial charge in [0.1, 0.15) is 0 Å². The van der Waals surface area contributed by atoms with Crippen LogP contribution in [0.2, 0.25) is 5.02 Å². The predicted octanol–water partition coefficient (Wildman–Crippen LogP) is 4.41. The molecule has 1 atom stereocenters. The SMILES string of the molecule is CCCNC(c1cnn(CC)c1)c1ccc(Br)cc1Cl. The van der Waals surface area contributed by atoms with Crippen LogP contribution in [-0.2, 0) is 6.54 Å². The van der Waals surface area contributed by atoms with Gasteiger partial charge in [0.05, 0.1) is 12.2 Å². The number of nitrogens with zero attached hydrogens (tertiary/aromatic N) is 2. The topological polar surface area (TPSA) is 29.9 Å². The first-order valence-electron chi connectivity index (χ1n) is 6.86. The monoisotopic (exact) mass is 355 g/mol. The van der Waals surface area contributed by atoms with E-state index >= 15 is 0 Å². The number of halogens is 2. The lowest BCUT2D eigenvalue weighted by atomic mass is 10.0. The highest BCUT2D eigenvalue weighted by molar-refractivity contribution is 9.10. The highest BCUT2D eigenvalue weighted by Crippen LogP contribution is 2.30. The van der Waals surface area contributed by atoms with Gasteiger partial charge in [0.15, 0.2) is 0 Å². The maximum Gasteiger partial charge on any atom is 0.0622 e. The molecule has 0 aliphatic heterocycles. The Balaban J connectivity index is 2.35. The summed E-state index contributed by atoms with van der Waals surface area (Å²) < 4.78 is 2.92. The summed E-state index contributed by atoms with van der Waals surface area (Å²) >= 11 is 9.84. The number of hydrogen-bond acceptors (Lipinski definition) is 2. The van der Waals surface area contributed by atoms with Crippen LogP contribution in [0.4, 0.5) is 0 Å². The van der Waals surface area contributed by atoms with E-state index in [0.717, 1.165) is 40.1 Å². The molecule has 1 heterocycles. The molecule has 1 aromatic carbocycles. The Bertz CT molecular complexity index is 568.